The fourth-order valence-electron chi connectivity index (χ4n) is 4.73. The van der Waals surface area contributed by atoms with E-state index < -0.39 is 23.8 Å². The summed E-state index contributed by atoms with van der Waals surface area (Å²) in [5, 5.41) is 18.2. The topological polar surface area (TPSA) is 81.0 Å². The predicted octanol–water partition coefficient (Wildman–Crippen LogP) is 6.29. The first-order chi connectivity index (χ1) is 15.6. The Morgan fingerprint density at radius 1 is 1.09 bits per heavy atom. The fraction of sp³-hybridized carbons (Fsp3) is 0.538. The second kappa shape index (κ2) is 10.6. The summed E-state index contributed by atoms with van der Waals surface area (Å²) < 4.78 is 27.2. The SMILES string of the molecule is CC(C)(C)c1cccc(C2(NC[C@@H](O)[C@H](Cc3cc(F)cc(F)c3)N=[N+]=[N-])CCCCC2)c1. The van der Waals surface area contributed by atoms with E-state index in [0.29, 0.717) is 5.56 Å². The number of nitrogens with one attached hydrogen (secondary N) is 1. The number of aliphatic hydroxyl groups is 1. The third-order valence-electron chi connectivity index (χ3n) is 6.65. The molecule has 0 radical (unpaired) electrons. The van der Waals surface area contributed by atoms with Gasteiger partial charge in [-0.05, 0) is 59.0 Å². The Morgan fingerprint density at radius 2 is 1.76 bits per heavy atom. The lowest BCUT2D eigenvalue weighted by Crippen LogP contribution is -2.49. The summed E-state index contributed by atoms with van der Waals surface area (Å²) in [5.41, 5.74) is 11.6. The summed E-state index contributed by atoms with van der Waals surface area (Å²) in [4.78, 5) is 2.86. The van der Waals surface area contributed by atoms with E-state index in [1.165, 1.54) is 29.7 Å². The quantitative estimate of drug-likeness (QED) is 0.278. The number of rotatable bonds is 8. The van der Waals surface area contributed by atoms with E-state index in [-0.39, 0.29) is 23.9 Å². The lowest BCUT2D eigenvalue weighted by Gasteiger charge is -2.40. The minimum Gasteiger partial charge on any atom is -0.391 e. The smallest absolute Gasteiger partial charge is 0.126 e. The van der Waals surface area contributed by atoms with Crippen LogP contribution >= 0.6 is 0 Å². The van der Waals surface area contributed by atoms with Gasteiger partial charge in [-0.25, -0.2) is 8.78 Å². The maximum atomic E-state index is 13.6. The Labute approximate surface area is 194 Å². The molecule has 2 aromatic carbocycles. The molecule has 0 bridgehead atoms. The molecule has 2 aromatic rings. The average molecular weight is 457 g/mol. The molecule has 7 heteroatoms. The lowest BCUT2D eigenvalue weighted by atomic mass is 9.74. The number of azide groups is 1. The van der Waals surface area contributed by atoms with Gasteiger partial charge in [-0.2, -0.15) is 0 Å². The van der Waals surface area contributed by atoms with Crippen LogP contribution in [0.3, 0.4) is 0 Å². The van der Waals surface area contributed by atoms with E-state index in [4.69, 9.17) is 5.53 Å². The molecule has 0 aliphatic heterocycles. The zero-order valence-corrected chi connectivity index (χ0v) is 19.7. The number of benzene rings is 2. The molecule has 2 N–H and O–H groups in total. The highest BCUT2D eigenvalue weighted by Gasteiger charge is 2.35. The van der Waals surface area contributed by atoms with Crippen LogP contribution in [-0.4, -0.2) is 23.8 Å². The Hall–Kier alpha value is -2.47. The van der Waals surface area contributed by atoms with Crippen LogP contribution in [0.15, 0.2) is 47.6 Å². The zero-order chi connectivity index (χ0) is 24.1. The van der Waals surface area contributed by atoms with Crippen LogP contribution in [0.4, 0.5) is 8.78 Å². The lowest BCUT2D eigenvalue weighted by molar-refractivity contribution is 0.116. The summed E-state index contributed by atoms with van der Waals surface area (Å²) in [7, 11) is 0. The number of hydrogen-bond donors (Lipinski definition) is 2. The summed E-state index contributed by atoms with van der Waals surface area (Å²) in [6, 6.07) is 11.0. The molecule has 5 nitrogen and oxygen atoms in total. The summed E-state index contributed by atoms with van der Waals surface area (Å²) in [6.45, 7) is 6.78. The van der Waals surface area contributed by atoms with Crippen molar-refractivity contribution in [1.29, 1.82) is 0 Å². The Balaban J connectivity index is 1.80. The normalized spacial score (nSPS) is 17.8. The Bertz CT molecular complexity index is 972. The van der Waals surface area contributed by atoms with Gasteiger partial charge in [-0.1, -0.05) is 69.4 Å². The van der Waals surface area contributed by atoms with Gasteiger partial charge in [0.2, 0.25) is 0 Å². The Morgan fingerprint density at radius 3 is 2.36 bits per heavy atom. The first-order valence-corrected chi connectivity index (χ1v) is 11.7. The second-order valence-corrected chi connectivity index (χ2v) is 10.2. The van der Waals surface area contributed by atoms with Gasteiger partial charge in [0, 0.05) is 23.1 Å². The summed E-state index contributed by atoms with van der Waals surface area (Å²) in [6.07, 6.45) is 4.31. The van der Waals surface area contributed by atoms with Crippen molar-refractivity contribution >= 4 is 0 Å². The van der Waals surface area contributed by atoms with Crippen LogP contribution in [0.1, 0.15) is 69.6 Å². The van der Waals surface area contributed by atoms with E-state index >= 15 is 0 Å². The van der Waals surface area contributed by atoms with Crippen LogP contribution in [0.25, 0.3) is 10.4 Å². The molecular weight excluding hydrogens is 422 g/mol. The molecule has 0 unspecified atom stereocenters. The molecule has 0 amide bonds. The molecule has 1 aliphatic carbocycles. The highest BCUT2D eigenvalue weighted by Crippen LogP contribution is 2.38. The van der Waals surface area contributed by atoms with Crippen LogP contribution in [0.5, 0.6) is 0 Å². The molecular formula is C26H34F2N4O. The van der Waals surface area contributed by atoms with Gasteiger partial charge in [0.05, 0.1) is 12.1 Å². The maximum Gasteiger partial charge on any atom is 0.126 e. The molecule has 0 heterocycles. The van der Waals surface area contributed by atoms with E-state index in [9.17, 15) is 13.9 Å². The van der Waals surface area contributed by atoms with E-state index in [2.05, 4.69) is 60.4 Å². The van der Waals surface area contributed by atoms with Gasteiger partial charge in [0.15, 0.2) is 0 Å². The molecule has 178 valence electrons. The standard InChI is InChI=1S/C26H34F2N4O/c1-25(2,3)19-8-7-9-20(15-19)26(10-5-4-6-11-26)30-17-24(33)23(31-32-29)14-18-12-21(27)16-22(28)13-18/h7-9,12-13,15-16,23-24,30,33H,4-6,10-11,14,17H2,1-3H3/t23-,24+/m0/s1. The van der Waals surface area contributed by atoms with Crippen molar-refractivity contribution in [2.24, 2.45) is 5.11 Å². The molecule has 0 spiro atoms. The monoisotopic (exact) mass is 456 g/mol. The highest BCUT2D eigenvalue weighted by molar-refractivity contribution is 5.34. The van der Waals surface area contributed by atoms with Crippen molar-refractivity contribution in [2.45, 2.75) is 82.4 Å². The highest BCUT2D eigenvalue weighted by atomic mass is 19.1. The van der Waals surface area contributed by atoms with Crippen LogP contribution < -0.4 is 5.32 Å². The minimum atomic E-state index is -1.00. The molecule has 1 saturated carbocycles. The van der Waals surface area contributed by atoms with Crippen molar-refractivity contribution in [2.75, 3.05) is 6.54 Å². The van der Waals surface area contributed by atoms with Gasteiger partial charge >= 0.3 is 0 Å². The third-order valence-corrected chi connectivity index (χ3v) is 6.65. The molecule has 1 fully saturated rings. The number of halogens is 2. The fourth-order valence-corrected chi connectivity index (χ4v) is 4.73. The number of aliphatic hydroxyl groups excluding tert-OH is 1. The summed E-state index contributed by atoms with van der Waals surface area (Å²) >= 11 is 0. The van der Waals surface area contributed by atoms with E-state index in [0.717, 1.165) is 31.7 Å². The van der Waals surface area contributed by atoms with Crippen molar-refractivity contribution in [3.63, 3.8) is 0 Å². The van der Waals surface area contributed by atoms with Gasteiger partial charge < -0.3 is 10.4 Å². The molecule has 3 rings (SSSR count). The van der Waals surface area contributed by atoms with Crippen molar-refractivity contribution in [3.05, 3.63) is 81.2 Å². The predicted molar refractivity (Wildman–Crippen MR) is 127 cm³/mol. The molecule has 33 heavy (non-hydrogen) atoms. The molecule has 0 saturated heterocycles. The van der Waals surface area contributed by atoms with Crippen molar-refractivity contribution in [3.8, 4) is 0 Å². The van der Waals surface area contributed by atoms with Crippen LogP contribution in [0.2, 0.25) is 0 Å². The third kappa shape index (κ3) is 6.53. The first kappa shape index (κ1) is 25.2. The first-order valence-electron chi connectivity index (χ1n) is 11.7. The zero-order valence-electron chi connectivity index (χ0n) is 19.7. The minimum absolute atomic E-state index is 0.0260. The van der Waals surface area contributed by atoms with Gasteiger partial charge in [-0.15, -0.1) is 0 Å². The van der Waals surface area contributed by atoms with E-state index in [1.54, 1.807) is 0 Å². The Kier molecular flexibility index (Phi) is 8.11. The molecule has 1 aliphatic rings. The van der Waals surface area contributed by atoms with E-state index in [1.807, 2.05) is 0 Å². The number of nitrogens with zero attached hydrogens (tertiary/aromatic N) is 3. The van der Waals surface area contributed by atoms with Crippen molar-refractivity contribution < 1.29 is 13.9 Å². The molecule has 0 aromatic heterocycles. The van der Waals surface area contributed by atoms with Crippen LogP contribution in [-0.2, 0) is 17.4 Å². The maximum absolute atomic E-state index is 13.6. The average Bonchev–Trinajstić information content (AvgIpc) is 2.77. The van der Waals surface area contributed by atoms with Gasteiger partial charge in [0.1, 0.15) is 11.6 Å². The van der Waals surface area contributed by atoms with Crippen LogP contribution in [0, 0.1) is 11.6 Å². The van der Waals surface area contributed by atoms with Crippen molar-refractivity contribution in [1.82, 2.24) is 5.32 Å². The number of hydrogen-bond acceptors (Lipinski definition) is 3. The second-order valence-electron chi connectivity index (χ2n) is 10.2. The van der Waals surface area contributed by atoms with Gasteiger partial charge in [-0.3, -0.25) is 0 Å². The largest absolute Gasteiger partial charge is 0.391 e. The summed E-state index contributed by atoms with van der Waals surface area (Å²) in [5.74, 6) is -1.39. The van der Waals surface area contributed by atoms with Gasteiger partial charge in [0.25, 0.3) is 0 Å². The molecule has 2 atom stereocenters.